The van der Waals surface area contributed by atoms with Gasteiger partial charge in [0.15, 0.2) is 0 Å². The molecule has 3 aromatic rings. The molecule has 35 heavy (non-hydrogen) atoms. The fourth-order valence-corrected chi connectivity index (χ4v) is 5.61. The smallest absolute Gasteiger partial charge is 0.124 e. The van der Waals surface area contributed by atoms with Gasteiger partial charge in [0.25, 0.3) is 0 Å². The topological polar surface area (TPSA) is 48.6 Å². The molecule has 3 aliphatic rings. The van der Waals surface area contributed by atoms with E-state index >= 15 is 0 Å². The third-order valence-electron chi connectivity index (χ3n) is 7.33. The second-order valence-corrected chi connectivity index (χ2v) is 9.98. The van der Waals surface area contributed by atoms with E-state index in [1.54, 1.807) is 0 Å². The number of anilines is 2. The van der Waals surface area contributed by atoms with Gasteiger partial charge in [-0.2, -0.15) is 0 Å². The highest BCUT2D eigenvalue weighted by Crippen LogP contribution is 2.32. The van der Waals surface area contributed by atoms with Crippen molar-refractivity contribution in [1.29, 1.82) is 0 Å². The largest absolute Gasteiger partial charge is 0.381 e. The van der Waals surface area contributed by atoms with Gasteiger partial charge in [0, 0.05) is 60.5 Å². The van der Waals surface area contributed by atoms with E-state index in [0.29, 0.717) is 6.04 Å². The molecule has 3 heterocycles. The van der Waals surface area contributed by atoms with Gasteiger partial charge in [-0.15, -0.1) is 0 Å². The van der Waals surface area contributed by atoms with Crippen molar-refractivity contribution < 1.29 is 4.74 Å². The minimum absolute atomic E-state index is 0.0731. The average Bonchev–Trinajstić information content (AvgIpc) is 3.41. The monoisotopic (exact) mass is 486 g/mol. The minimum atomic E-state index is -0.0731. The van der Waals surface area contributed by atoms with Crippen LogP contribution >= 0.6 is 11.6 Å². The molecule has 1 fully saturated rings. The number of ether oxygens (including phenoxy) is 1. The standard InChI is InChI=1S/C29H31ClN4O/c30-27-9-8-24(17-26(27)29-31-18-28(33-29)21-4-2-1-3-5-21)32-23-7-6-20-10-13-34(19-22(20)16-23)25-11-14-35-15-12-25/h1-9,16-18,25,29,31-33H,10-15,19H2. The Morgan fingerprint density at radius 2 is 1.71 bits per heavy atom. The molecule has 3 aromatic carbocycles. The number of nitrogens with zero attached hydrogens (tertiary/aromatic N) is 1. The van der Waals surface area contributed by atoms with Crippen LogP contribution in [0.5, 0.6) is 0 Å². The van der Waals surface area contributed by atoms with Gasteiger partial charge < -0.3 is 20.7 Å². The summed E-state index contributed by atoms with van der Waals surface area (Å²) in [5.41, 5.74) is 8.26. The molecule has 0 spiro atoms. The number of hydrogen-bond acceptors (Lipinski definition) is 5. The molecule has 1 atom stereocenters. The second kappa shape index (κ2) is 9.94. The van der Waals surface area contributed by atoms with Crippen molar-refractivity contribution in [2.45, 2.75) is 38.0 Å². The van der Waals surface area contributed by atoms with E-state index in [4.69, 9.17) is 16.3 Å². The normalized spacial score (nSPS) is 20.5. The van der Waals surface area contributed by atoms with Gasteiger partial charge in [-0.25, -0.2) is 0 Å². The summed E-state index contributed by atoms with van der Waals surface area (Å²) < 4.78 is 5.57. The number of benzene rings is 3. The predicted molar refractivity (Wildman–Crippen MR) is 143 cm³/mol. The Labute approximate surface area is 212 Å². The van der Waals surface area contributed by atoms with Crippen LogP contribution in [0.4, 0.5) is 11.4 Å². The van der Waals surface area contributed by atoms with Crippen molar-refractivity contribution in [3.63, 3.8) is 0 Å². The molecule has 3 aliphatic heterocycles. The van der Waals surface area contributed by atoms with Crippen molar-refractivity contribution in [2.75, 3.05) is 25.1 Å². The molecule has 6 rings (SSSR count). The maximum Gasteiger partial charge on any atom is 0.124 e. The van der Waals surface area contributed by atoms with Crippen LogP contribution in [0.3, 0.4) is 0 Å². The van der Waals surface area contributed by atoms with Gasteiger partial charge in [-0.3, -0.25) is 4.90 Å². The highest BCUT2D eigenvalue weighted by molar-refractivity contribution is 6.31. The molecule has 180 valence electrons. The van der Waals surface area contributed by atoms with Crippen molar-refractivity contribution in [3.8, 4) is 0 Å². The van der Waals surface area contributed by atoms with Crippen LogP contribution in [0.15, 0.2) is 72.9 Å². The first kappa shape index (κ1) is 22.5. The molecule has 3 N–H and O–H groups in total. The maximum absolute atomic E-state index is 6.61. The molecule has 5 nitrogen and oxygen atoms in total. The lowest BCUT2D eigenvalue weighted by atomic mass is 9.96. The molecule has 1 unspecified atom stereocenters. The quantitative estimate of drug-likeness (QED) is 0.425. The first-order valence-corrected chi connectivity index (χ1v) is 12.9. The van der Waals surface area contributed by atoms with Gasteiger partial charge >= 0.3 is 0 Å². The number of halogens is 1. The van der Waals surface area contributed by atoms with Crippen molar-refractivity contribution in [1.82, 2.24) is 15.5 Å². The number of hydrogen-bond donors (Lipinski definition) is 3. The minimum Gasteiger partial charge on any atom is -0.381 e. The molecule has 0 bridgehead atoms. The number of nitrogens with one attached hydrogen (secondary N) is 3. The summed E-state index contributed by atoms with van der Waals surface area (Å²) >= 11 is 6.61. The Kier molecular flexibility index (Phi) is 6.38. The van der Waals surface area contributed by atoms with Crippen LogP contribution in [-0.4, -0.2) is 30.7 Å². The number of fused-ring (bicyclic) bond motifs is 1. The molecular formula is C29H31ClN4O. The Balaban J connectivity index is 1.16. The van der Waals surface area contributed by atoms with Gasteiger partial charge in [-0.1, -0.05) is 48.0 Å². The molecule has 0 amide bonds. The lowest BCUT2D eigenvalue weighted by molar-refractivity contribution is 0.0290. The molecule has 0 saturated carbocycles. The van der Waals surface area contributed by atoms with Crippen LogP contribution in [0.1, 0.15) is 41.3 Å². The SMILES string of the molecule is Clc1ccc(Nc2ccc3c(c2)CN(C2CCOCC2)CC3)cc1C1NC=C(c2ccccc2)N1. The second-order valence-electron chi connectivity index (χ2n) is 9.58. The van der Waals surface area contributed by atoms with Crippen molar-refractivity contribution >= 4 is 28.7 Å². The van der Waals surface area contributed by atoms with Crippen LogP contribution in [0.25, 0.3) is 5.70 Å². The molecular weight excluding hydrogens is 456 g/mol. The van der Waals surface area contributed by atoms with Gasteiger partial charge in [0.1, 0.15) is 6.17 Å². The number of rotatable bonds is 5. The van der Waals surface area contributed by atoms with Crippen LogP contribution in [0.2, 0.25) is 5.02 Å². The van der Waals surface area contributed by atoms with E-state index in [-0.39, 0.29) is 6.17 Å². The van der Waals surface area contributed by atoms with Crippen molar-refractivity contribution in [2.24, 2.45) is 0 Å². The van der Waals surface area contributed by atoms with Gasteiger partial charge in [0.05, 0.1) is 5.70 Å². The highest BCUT2D eigenvalue weighted by Gasteiger charge is 2.25. The molecule has 0 aliphatic carbocycles. The summed E-state index contributed by atoms with van der Waals surface area (Å²) in [5, 5.41) is 11.3. The Morgan fingerprint density at radius 1 is 0.914 bits per heavy atom. The average molecular weight is 487 g/mol. The zero-order valence-corrected chi connectivity index (χ0v) is 20.5. The van der Waals surface area contributed by atoms with Crippen LogP contribution in [-0.2, 0) is 17.7 Å². The van der Waals surface area contributed by atoms with Crippen LogP contribution in [0, 0.1) is 0 Å². The summed E-state index contributed by atoms with van der Waals surface area (Å²) in [6, 6.07) is 23.9. The molecule has 6 heteroatoms. The van der Waals surface area contributed by atoms with E-state index in [0.717, 1.165) is 78.8 Å². The molecule has 1 saturated heterocycles. The molecule has 0 aromatic heterocycles. The fourth-order valence-electron chi connectivity index (χ4n) is 5.39. The Morgan fingerprint density at radius 3 is 2.57 bits per heavy atom. The van der Waals surface area contributed by atoms with Gasteiger partial charge in [0.2, 0.25) is 0 Å². The first-order chi connectivity index (χ1) is 17.2. The van der Waals surface area contributed by atoms with Crippen molar-refractivity contribution in [3.05, 3.63) is 100 Å². The van der Waals surface area contributed by atoms with E-state index in [1.807, 2.05) is 36.5 Å². The summed E-state index contributed by atoms with van der Waals surface area (Å²) in [4.78, 5) is 2.64. The maximum atomic E-state index is 6.61. The third kappa shape index (κ3) is 4.90. The lowest BCUT2D eigenvalue weighted by Crippen LogP contribution is -2.42. The predicted octanol–water partition coefficient (Wildman–Crippen LogP) is 5.81. The van der Waals surface area contributed by atoms with E-state index < -0.39 is 0 Å². The summed E-state index contributed by atoms with van der Waals surface area (Å²) in [6.45, 7) is 3.94. The highest BCUT2D eigenvalue weighted by atomic mass is 35.5. The third-order valence-corrected chi connectivity index (χ3v) is 7.67. The van der Waals surface area contributed by atoms with Crippen LogP contribution < -0.4 is 16.0 Å². The van der Waals surface area contributed by atoms with E-state index in [9.17, 15) is 0 Å². The Bertz CT molecular complexity index is 1220. The zero-order valence-electron chi connectivity index (χ0n) is 19.8. The first-order valence-electron chi connectivity index (χ1n) is 12.5. The molecule has 0 radical (unpaired) electrons. The summed E-state index contributed by atoms with van der Waals surface area (Å²) in [5.74, 6) is 0. The van der Waals surface area contributed by atoms with E-state index in [1.165, 1.54) is 11.1 Å². The lowest BCUT2D eigenvalue weighted by Gasteiger charge is -2.37. The Hall–Kier alpha value is -2.99. The van der Waals surface area contributed by atoms with Gasteiger partial charge in [-0.05, 0) is 66.3 Å². The summed E-state index contributed by atoms with van der Waals surface area (Å²) in [6.07, 6.45) is 5.35. The van der Waals surface area contributed by atoms with E-state index in [2.05, 4.69) is 57.2 Å². The fraction of sp³-hybridized carbons (Fsp3) is 0.310. The zero-order chi connectivity index (χ0) is 23.6. The summed E-state index contributed by atoms with van der Waals surface area (Å²) in [7, 11) is 0.